The van der Waals surface area contributed by atoms with Gasteiger partial charge in [0.05, 0.1) is 5.56 Å². The van der Waals surface area contributed by atoms with Crippen LogP contribution in [0.3, 0.4) is 0 Å². The van der Waals surface area contributed by atoms with Crippen LogP contribution >= 0.6 is 0 Å². The molecule has 2 aliphatic rings. The molecule has 1 unspecified atom stereocenters. The van der Waals surface area contributed by atoms with Gasteiger partial charge in [0.1, 0.15) is 33.4 Å². The summed E-state index contributed by atoms with van der Waals surface area (Å²) in [4.78, 5) is 12.7. The number of nitrogens with zero attached hydrogens (tertiary/aromatic N) is 2. The summed E-state index contributed by atoms with van der Waals surface area (Å²) in [6.07, 6.45) is 1.60. The molecule has 1 N–H and O–H groups in total. The van der Waals surface area contributed by atoms with Crippen LogP contribution < -0.4 is 5.32 Å². The van der Waals surface area contributed by atoms with E-state index in [1.807, 2.05) is 0 Å². The standard InChI is InChI=1S/C24H21F2N3O4S/c25-16-7-5-15(6-8-16)17-10-12-29(14-30)13-18(17)23-22-20(33-28-23)9-11-27-24(22)34(31,32)21-4-2-1-3-19(21)26/h1-8,14,24,27H,9-13H2. The van der Waals surface area contributed by atoms with Gasteiger partial charge in [0.2, 0.25) is 16.2 Å². The normalized spacial score (nSPS) is 18.6. The molecule has 3 heterocycles. The Morgan fingerprint density at radius 3 is 2.56 bits per heavy atom. The Morgan fingerprint density at radius 1 is 1.06 bits per heavy atom. The zero-order chi connectivity index (χ0) is 23.9. The van der Waals surface area contributed by atoms with Crippen molar-refractivity contribution in [2.24, 2.45) is 0 Å². The van der Waals surface area contributed by atoms with Crippen LogP contribution in [0.2, 0.25) is 0 Å². The van der Waals surface area contributed by atoms with E-state index in [4.69, 9.17) is 4.52 Å². The van der Waals surface area contributed by atoms with E-state index in [0.717, 1.165) is 23.6 Å². The lowest BCUT2D eigenvalue weighted by Crippen LogP contribution is -2.36. The average Bonchev–Trinajstić information content (AvgIpc) is 3.28. The highest BCUT2D eigenvalue weighted by atomic mass is 32.2. The Kier molecular flexibility index (Phi) is 5.78. The molecule has 2 aliphatic heterocycles. The molecule has 5 rings (SSSR count). The molecule has 176 valence electrons. The molecule has 7 nitrogen and oxygen atoms in total. The fourth-order valence-corrected chi connectivity index (χ4v) is 6.30. The quantitative estimate of drug-likeness (QED) is 0.558. The first kappa shape index (κ1) is 22.4. The molecule has 1 atom stereocenters. The summed E-state index contributed by atoms with van der Waals surface area (Å²) in [5.41, 5.74) is 2.81. The highest BCUT2D eigenvalue weighted by Crippen LogP contribution is 2.41. The molecule has 2 aromatic carbocycles. The van der Waals surface area contributed by atoms with Gasteiger partial charge in [-0.2, -0.15) is 0 Å². The summed E-state index contributed by atoms with van der Waals surface area (Å²) in [6, 6.07) is 11.2. The third kappa shape index (κ3) is 3.82. The van der Waals surface area contributed by atoms with E-state index in [1.54, 1.807) is 17.0 Å². The average molecular weight is 486 g/mol. The summed E-state index contributed by atoms with van der Waals surface area (Å²) < 4.78 is 60.6. The summed E-state index contributed by atoms with van der Waals surface area (Å²) >= 11 is 0. The first-order valence-electron chi connectivity index (χ1n) is 10.8. The third-order valence-electron chi connectivity index (χ3n) is 6.20. The number of amides is 1. The summed E-state index contributed by atoms with van der Waals surface area (Å²) in [5.74, 6) is -0.825. The van der Waals surface area contributed by atoms with Gasteiger partial charge in [-0.25, -0.2) is 17.2 Å². The van der Waals surface area contributed by atoms with Crippen molar-refractivity contribution in [3.8, 4) is 0 Å². The Hall–Kier alpha value is -3.37. The van der Waals surface area contributed by atoms with Crippen LogP contribution in [0, 0.1) is 11.6 Å². The lowest BCUT2D eigenvalue weighted by atomic mass is 9.89. The van der Waals surface area contributed by atoms with Gasteiger partial charge in [0.15, 0.2) is 0 Å². The second-order valence-electron chi connectivity index (χ2n) is 8.22. The SMILES string of the molecule is O=CN1CCC(c2ccc(F)cc2)=C(c2noc3c2C(S(=O)(=O)c2ccccc2F)NCC3)C1. The Balaban J connectivity index is 1.68. The predicted octanol–water partition coefficient (Wildman–Crippen LogP) is 3.34. The summed E-state index contributed by atoms with van der Waals surface area (Å²) in [6.45, 7) is 0.945. The lowest BCUT2D eigenvalue weighted by molar-refractivity contribution is -0.117. The molecule has 1 aromatic heterocycles. The van der Waals surface area contributed by atoms with Crippen LogP contribution in [0.15, 0.2) is 57.9 Å². The third-order valence-corrected chi connectivity index (χ3v) is 8.17. The molecular formula is C24H21F2N3O4S. The number of halogens is 2. The van der Waals surface area contributed by atoms with Crippen LogP contribution in [-0.2, 0) is 21.1 Å². The minimum atomic E-state index is -4.19. The number of aromatic nitrogens is 1. The zero-order valence-corrected chi connectivity index (χ0v) is 18.8. The Morgan fingerprint density at radius 2 is 1.82 bits per heavy atom. The lowest BCUT2D eigenvalue weighted by Gasteiger charge is -2.29. The number of nitrogens with one attached hydrogen (secondary N) is 1. The summed E-state index contributed by atoms with van der Waals surface area (Å²) in [7, 11) is -4.19. The number of carbonyl (C=O) groups excluding carboxylic acids is 1. The minimum absolute atomic E-state index is 0.182. The van der Waals surface area contributed by atoms with Crippen LogP contribution in [0.25, 0.3) is 11.1 Å². The maximum absolute atomic E-state index is 14.5. The molecule has 10 heteroatoms. The molecule has 34 heavy (non-hydrogen) atoms. The predicted molar refractivity (Wildman–Crippen MR) is 120 cm³/mol. The highest BCUT2D eigenvalue weighted by molar-refractivity contribution is 7.91. The van der Waals surface area contributed by atoms with Crippen molar-refractivity contribution in [2.75, 3.05) is 19.6 Å². The van der Waals surface area contributed by atoms with E-state index < -0.39 is 25.9 Å². The molecule has 0 radical (unpaired) electrons. The molecule has 3 aromatic rings. The van der Waals surface area contributed by atoms with Gasteiger partial charge < -0.3 is 9.42 Å². The van der Waals surface area contributed by atoms with Crippen LogP contribution in [0.1, 0.15) is 34.4 Å². The van der Waals surface area contributed by atoms with Crippen molar-refractivity contribution < 1.29 is 26.5 Å². The van der Waals surface area contributed by atoms with Crippen LogP contribution in [-0.4, -0.2) is 44.5 Å². The molecule has 0 saturated heterocycles. The molecular weight excluding hydrogens is 464 g/mol. The molecule has 0 spiro atoms. The van der Waals surface area contributed by atoms with E-state index in [0.29, 0.717) is 48.5 Å². The number of hydrogen-bond acceptors (Lipinski definition) is 6. The van der Waals surface area contributed by atoms with Gasteiger partial charge in [-0.3, -0.25) is 10.1 Å². The van der Waals surface area contributed by atoms with Gasteiger partial charge >= 0.3 is 0 Å². The Labute approximate surface area is 195 Å². The van der Waals surface area contributed by atoms with Gasteiger partial charge in [-0.1, -0.05) is 29.4 Å². The van der Waals surface area contributed by atoms with Crippen LogP contribution in [0.5, 0.6) is 0 Å². The maximum atomic E-state index is 14.5. The van der Waals surface area contributed by atoms with E-state index in [2.05, 4.69) is 10.5 Å². The van der Waals surface area contributed by atoms with Crippen LogP contribution in [0.4, 0.5) is 8.78 Å². The van der Waals surface area contributed by atoms with Crippen molar-refractivity contribution in [3.05, 3.63) is 82.7 Å². The number of benzene rings is 2. The Bertz CT molecular complexity index is 1380. The fourth-order valence-electron chi connectivity index (χ4n) is 4.55. The minimum Gasteiger partial charge on any atom is -0.360 e. The van der Waals surface area contributed by atoms with Gasteiger partial charge in [0, 0.05) is 31.6 Å². The fraction of sp³-hybridized carbons (Fsp3) is 0.250. The van der Waals surface area contributed by atoms with Crippen molar-refractivity contribution in [1.82, 2.24) is 15.4 Å². The van der Waals surface area contributed by atoms with Gasteiger partial charge in [-0.15, -0.1) is 0 Å². The number of carbonyl (C=O) groups is 1. The number of fused-ring (bicyclic) bond motifs is 1. The van der Waals surface area contributed by atoms with E-state index in [1.165, 1.54) is 30.3 Å². The molecule has 0 saturated carbocycles. The van der Waals surface area contributed by atoms with E-state index in [-0.39, 0.29) is 12.4 Å². The van der Waals surface area contributed by atoms with Crippen molar-refractivity contribution in [2.45, 2.75) is 23.1 Å². The first-order valence-corrected chi connectivity index (χ1v) is 12.3. The zero-order valence-electron chi connectivity index (χ0n) is 18.0. The topological polar surface area (TPSA) is 92.5 Å². The molecule has 1 amide bonds. The monoisotopic (exact) mass is 485 g/mol. The smallest absolute Gasteiger partial charge is 0.210 e. The van der Waals surface area contributed by atoms with E-state index >= 15 is 0 Å². The maximum Gasteiger partial charge on any atom is 0.210 e. The van der Waals surface area contributed by atoms with Crippen molar-refractivity contribution >= 4 is 27.4 Å². The largest absolute Gasteiger partial charge is 0.360 e. The number of hydrogen-bond donors (Lipinski definition) is 1. The first-order chi connectivity index (χ1) is 16.4. The second-order valence-corrected chi connectivity index (χ2v) is 10.2. The van der Waals surface area contributed by atoms with Crippen molar-refractivity contribution in [1.29, 1.82) is 0 Å². The van der Waals surface area contributed by atoms with Gasteiger partial charge in [-0.05, 0) is 41.8 Å². The number of rotatable bonds is 5. The van der Waals surface area contributed by atoms with Gasteiger partial charge in [0.25, 0.3) is 0 Å². The molecule has 0 aliphatic carbocycles. The summed E-state index contributed by atoms with van der Waals surface area (Å²) in [5, 5.41) is 5.92. The highest BCUT2D eigenvalue weighted by Gasteiger charge is 2.40. The molecule has 0 fully saturated rings. The number of sulfone groups is 1. The van der Waals surface area contributed by atoms with Crippen molar-refractivity contribution in [3.63, 3.8) is 0 Å². The molecule has 0 bridgehead atoms. The van der Waals surface area contributed by atoms with E-state index in [9.17, 15) is 22.0 Å². The second kappa shape index (κ2) is 8.77.